The van der Waals surface area contributed by atoms with Gasteiger partial charge in [0.15, 0.2) is 0 Å². The van der Waals surface area contributed by atoms with Crippen LogP contribution in [0.4, 0.5) is 0 Å². The van der Waals surface area contributed by atoms with Crippen molar-refractivity contribution in [2.45, 2.75) is 45.7 Å². The van der Waals surface area contributed by atoms with Crippen molar-refractivity contribution >= 4 is 22.8 Å². The summed E-state index contributed by atoms with van der Waals surface area (Å²) in [5.74, 6) is -1.29. The van der Waals surface area contributed by atoms with Crippen molar-refractivity contribution in [2.75, 3.05) is 0 Å². The van der Waals surface area contributed by atoms with Gasteiger partial charge in [-0.3, -0.25) is 4.79 Å². The van der Waals surface area contributed by atoms with Crippen LogP contribution in [0.5, 0.6) is 0 Å². The standard InChI is InChI=1S/C17H22N2O3/c1-4-9-17(3,16(21)22)18-15(20)11-19-12(2)10-13-7-5-6-8-14(13)19/h5-8,10H,4,9,11H2,1-3H3,(H,18,20)(H,21,22). The van der Waals surface area contributed by atoms with E-state index in [0.717, 1.165) is 16.6 Å². The number of hydrogen-bond acceptors (Lipinski definition) is 2. The van der Waals surface area contributed by atoms with E-state index < -0.39 is 11.5 Å². The molecule has 0 saturated heterocycles. The van der Waals surface area contributed by atoms with Crippen LogP contribution >= 0.6 is 0 Å². The second-order valence-corrected chi connectivity index (χ2v) is 5.87. The molecule has 0 aliphatic heterocycles. The number of aliphatic carboxylic acids is 1. The lowest BCUT2D eigenvalue weighted by Gasteiger charge is -2.26. The van der Waals surface area contributed by atoms with Crippen LogP contribution in [0.2, 0.25) is 0 Å². The average Bonchev–Trinajstić information content (AvgIpc) is 2.75. The van der Waals surface area contributed by atoms with E-state index in [1.54, 1.807) is 6.92 Å². The topological polar surface area (TPSA) is 71.3 Å². The van der Waals surface area contributed by atoms with Gasteiger partial charge >= 0.3 is 5.97 Å². The first-order valence-corrected chi connectivity index (χ1v) is 7.46. The van der Waals surface area contributed by atoms with E-state index in [-0.39, 0.29) is 12.5 Å². The summed E-state index contributed by atoms with van der Waals surface area (Å²) >= 11 is 0. The second kappa shape index (κ2) is 6.22. The molecule has 5 nitrogen and oxygen atoms in total. The monoisotopic (exact) mass is 302 g/mol. The van der Waals surface area contributed by atoms with Crippen molar-refractivity contribution in [2.24, 2.45) is 0 Å². The number of aryl methyl sites for hydroxylation is 1. The maximum atomic E-state index is 12.3. The van der Waals surface area contributed by atoms with Gasteiger partial charge in [-0.05, 0) is 37.8 Å². The number of fused-ring (bicyclic) bond motifs is 1. The third kappa shape index (κ3) is 3.13. The number of nitrogens with zero attached hydrogens (tertiary/aromatic N) is 1. The van der Waals surface area contributed by atoms with Crippen LogP contribution in [0.1, 0.15) is 32.4 Å². The first-order chi connectivity index (χ1) is 10.4. The molecular weight excluding hydrogens is 280 g/mol. The zero-order valence-corrected chi connectivity index (χ0v) is 13.2. The minimum atomic E-state index is -1.22. The highest BCUT2D eigenvalue weighted by Gasteiger charge is 2.33. The summed E-state index contributed by atoms with van der Waals surface area (Å²) < 4.78 is 1.90. The molecule has 1 unspecified atom stereocenters. The number of carbonyl (C=O) groups is 2. The third-order valence-corrected chi connectivity index (χ3v) is 3.96. The van der Waals surface area contributed by atoms with Crippen molar-refractivity contribution < 1.29 is 14.7 Å². The quantitative estimate of drug-likeness (QED) is 0.862. The summed E-state index contributed by atoms with van der Waals surface area (Å²) in [5.41, 5.74) is 0.731. The lowest BCUT2D eigenvalue weighted by Crippen LogP contribution is -2.53. The van der Waals surface area contributed by atoms with Crippen LogP contribution in [-0.2, 0) is 16.1 Å². The van der Waals surface area contributed by atoms with E-state index in [0.29, 0.717) is 12.8 Å². The van der Waals surface area contributed by atoms with Crippen molar-refractivity contribution in [3.8, 4) is 0 Å². The van der Waals surface area contributed by atoms with Gasteiger partial charge in [0.05, 0.1) is 0 Å². The van der Waals surface area contributed by atoms with Gasteiger partial charge < -0.3 is 15.0 Å². The molecule has 22 heavy (non-hydrogen) atoms. The fourth-order valence-corrected chi connectivity index (χ4v) is 2.77. The minimum Gasteiger partial charge on any atom is -0.480 e. The lowest BCUT2D eigenvalue weighted by atomic mass is 9.96. The first kappa shape index (κ1) is 16.1. The van der Waals surface area contributed by atoms with Crippen LogP contribution in [-0.4, -0.2) is 27.1 Å². The van der Waals surface area contributed by atoms with Crippen LogP contribution in [0.25, 0.3) is 10.9 Å². The smallest absolute Gasteiger partial charge is 0.329 e. The summed E-state index contributed by atoms with van der Waals surface area (Å²) in [6, 6.07) is 9.85. The Morgan fingerprint density at radius 3 is 2.64 bits per heavy atom. The van der Waals surface area contributed by atoms with Crippen molar-refractivity contribution in [3.63, 3.8) is 0 Å². The second-order valence-electron chi connectivity index (χ2n) is 5.87. The van der Waals surface area contributed by atoms with Gasteiger partial charge in [0.1, 0.15) is 12.1 Å². The summed E-state index contributed by atoms with van der Waals surface area (Å²) in [6.07, 6.45) is 1.09. The Labute approximate surface area is 129 Å². The molecule has 1 amide bonds. The van der Waals surface area contributed by atoms with E-state index in [1.165, 1.54) is 0 Å². The molecule has 1 aromatic heterocycles. The Bertz CT molecular complexity index is 705. The average molecular weight is 302 g/mol. The highest BCUT2D eigenvalue weighted by Crippen LogP contribution is 2.19. The molecule has 0 fully saturated rings. The molecule has 0 bridgehead atoms. The van der Waals surface area contributed by atoms with Crippen molar-refractivity contribution in [1.82, 2.24) is 9.88 Å². The number of para-hydroxylation sites is 1. The van der Waals surface area contributed by atoms with E-state index in [1.807, 2.05) is 48.7 Å². The molecule has 0 spiro atoms. The maximum Gasteiger partial charge on any atom is 0.329 e. The van der Waals surface area contributed by atoms with E-state index in [9.17, 15) is 14.7 Å². The number of aromatic nitrogens is 1. The molecule has 1 atom stereocenters. The Balaban J connectivity index is 2.20. The fourth-order valence-electron chi connectivity index (χ4n) is 2.77. The van der Waals surface area contributed by atoms with Crippen LogP contribution in [0.3, 0.4) is 0 Å². The molecule has 2 aromatic rings. The van der Waals surface area contributed by atoms with Crippen LogP contribution in [0.15, 0.2) is 30.3 Å². The van der Waals surface area contributed by atoms with Gasteiger partial charge in [0.25, 0.3) is 0 Å². The SMILES string of the molecule is CCCC(C)(NC(=O)Cn1c(C)cc2ccccc21)C(=O)O. The Morgan fingerprint density at radius 1 is 1.32 bits per heavy atom. The zero-order chi connectivity index (χ0) is 16.3. The number of nitrogens with one attached hydrogen (secondary N) is 1. The highest BCUT2D eigenvalue weighted by molar-refractivity contribution is 5.88. The Morgan fingerprint density at radius 2 is 2.00 bits per heavy atom. The maximum absolute atomic E-state index is 12.3. The number of carboxylic acid groups (broad SMARTS) is 1. The third-order valence-electron chi connectivity index (χ3n) is 3.96. The summed E-state index contributed by atoms with van der Waals surface area (Å²) in [6.45, 7) is 5.51. The van der Waals surface area contributed by atoms with Gasteiger partial charge in [-0.25, -0.2) is 4.79 Å². The minimum absolute atomic E-state index is 0.117. The van der Waals surface area contributed by atoms with Crippen molar-refractivity contribution in [1.29, 1.82) is 0 Å². The predicted molar refractivity (Wildman–Crippen MR) is 85.8 cm³/mol. The molecule has 2 N–H and O–H groups in total. The molecule has 0 aliphatic rings. The zero-order valence-electron chi connectivity index (χ0n) is 13.2. The van der Waals surface area contributed by atoms with Crippen LogP contribution < -0.4 is 5.32 Å². The number of carbonyl (C=O) groups excluding carboxylic acids is 1. The largest absolute Gasteiger partial charge is 0.480 e. The molecular formula is C17H22N2O3. The molecule has 0 radical (unpaired) electrons. The Kier molecular flexibility index (Phi) is 4.54. The molecule has 1 aromatic carbocycles. The highest BCUT2D eigenvalue weighted by atomic mass is 16.4. The molecule has 118 valence electrons. The van der Waals surface area contributed by atoms with Crippen LogP contribution in [0, 0.1) is 6.92 Å². The van der Waals surface area contributed by atoms with Gasteiger partial charge in [-0.1, -0.05) is 31.5 Å². The summed E-state index contributed by atoms with van der Waals surface area (Å²) in [4.78, 5) is 23.7. The first-order valence-electron chi connectivity index (χ1n) is 7.46. The molecule has 1 heterocycles. The van der Waals surface area contributed by atoms with E-state index >= 15 is 0 Å². The van der Waals surface area contributed by atoms with Gasteiger partial charge in [-0.15, -0.1) is 0 Å². The molecule has 0 saturated carbocycles. The Hall–Kier alpha value is -2.30. The van der Waals surface area contributed by atoms with Gasteiger partial charge in [0, 0.05) is 11.2 Å². The number of carboxylic acids is 1. The van der Waals surface area contributed by atoms with Gasteiger partial charge in [-0.2, -0.15) is 0 Å². The number of rotatable bonds is 6. The lowest BCUT2D eigenvalue weighted by molar-refractivity contribution is -0.147. The fraction of sp³-hybridized carbons (Fsp3) is 0.412. The van der Waals surface area contributed by atoms with Gasteiger partial charge in [0.2, 0.25) is 5.91 Å². The molecule has 5 heteroatoms. The van der Waals surface area contributed by atoms with Crippen molar-refractivity contribution in [3.05, 3.63) is 36.0 Å². The summed E-state index contributed by atoms with van der Waals surface area (Å²) in [7, 11) is 0. The molecule has 2 rings (SSSR count). The van der Waals surface area contributed by atoms with E-state index in [4.69, 9.17) is 0 Å². The number of benzene rings is 1. The van der Waals surface area contributed by atoms with E-state index in [2.05, 4.69) is 5.32 Å². The summed E-state index contributed by atoms with van der Waals surface area (Å²) in [5, 5.41) is 13.1. The molecule has 0 aliphatic carbocycles. The number of amides is 1. The number of hydrogen-bond donors (Lipinski definition) is 2. The normalized spacial score (nSPS) is 13.8. The predicted octanol–water partition coefficient (Wildman–Crippen LogP) is 2.71.